The molecular formula is C25H32O2. The molecule has 0 unspecified atom stereocenters. The highest BCUT2D eigenvalue weighted by atomic mass is 16.5. The van der Waals surface area contributed by atoms with Crippen molar-refractivity contribution in [3.05, 3.63) is 53.1 Å². The second-order valence-electron chi connectivity index (χ2n) is 8.75. The van der Waals surface area contributed by atoms with Gasteiger partial charge in [0.25, 0.3) is 0 Å². The van der Waals surface area contributed by atoms with Crippen LogP contribution in [0.4, 0.5) is 0 Å². The van der Waals surface area contributed by atoms with Gasteiger partial charge in [0.05, 0.1) is 5.60 Å². The van der Waals surface area contributed by atoms with Crippen molar-refractivity contribution in [2.24, 2.45) is 0 Å². The molecule has 0 aliphatic heterocycles. The molecule has 0 amide bonds. The smallest absolute Gasteiger partial charge is 0.163 e. The van der Waals surface area contributed by atoms with Gasteiger partial charge in [-0.1, -0.05) is 42.8 Å². The summed E-state index contributed by atoms with van der Waals surface area (Å²) in [6, 6.07) is 10.7. The van der Waals surface area contributed by atoms with Gasteiger partial charge in [0.2, 0.25) is 0 Å². The van der Waals surface area contributed by atoms with Crippen LogP contribution in [0, 0.1) is 6.92 Å². The van der Waals surface area contributed by atoms with E-state index in [1.807, 2.05) is 20.8 Å². The molecule has 0 spiro atoms. The lowest BCUT2D eigenvalue weighted by molar-refractivity contribution is -0.138. The highest BCUT2D eigenvalue weighted by Crippen LogP contribution is 2.40. The number of fused-ring (bicyclic) bond motifs is 1. The number of carbonyl (C=O) groups excluding carboxylic acids is 1. The third-order valence-electron chi connectivity index (χ3n) is 5.26. The molecule has 2 aromatic carbocycles. The van der Waals surface area contributed by atoms with Gasteiger partial charge in [-0.15, -0.1) is 0 Å². The number of ether oxygens (including phenoxy) is 1. The number of hydrogen-bond acceptors (Lipinski definition) is 2. The van der Waals surface area contributed by atoms with E-state index in [9.17, 15) is 4.79 Å². The molecule has 0 fully saturated rings. The average Bonchev–Trinajstić information content (AvgIpc) is 2.87. The van der Waals surface area contributed by atoms with Gasteiger partial charge in [-0.2, -0.15) is 0 Å². The summed E-state index contributed by atoms with van der Waals surface area (Å²) in [5, 5.41) is 2.46. The molecule has 2 heteroatoms. The molecule has 0 N–H and O–H groups in total. The van der Waals surface area contributed by atoms with Crippen LogP contribution in [0.15, 0.2) is 36.4 Å². The number of carbonyl (C=O) groups is 1. The molecule has 0 bridgehead atoms. The minimum absolute atomic E-state index is 0.0683. The van der Waals surface area contributed by atoms with Gasteiger partial charge >= 0.3 is 0 Å². The van der Waals surface area contributed by atoms with Crippen molar-refractivity contribution in [3.63, 3.8) is 0 Å². The van der Waals surface area contributed by atoms with Gasteiger partial charge in [0.1, 0.15) is 6.10 Å². The van der Waals surface area contributed by atoms with Crippen molar-refractivity contribution >= 4 is 22.1 Å². The first-order chi connectivity index (χ1) is 12.8. The van der Waals surface area contributed by atoms with E-state index < -0.39 is 6.10 Å². The van der Waals surface area contributed by atoms with E-state index in [0.29, 0.717) is 0 Å². The van der Waals surface area contributed by atoms with E-state index in [0.717, 1.165) is 24.0 Å². The molecule has 0 heterocycles. The van der Waals surface area contributed by atoms with Crippen LogP contribution in [0.5, 0.6) is 0 Å². The van der Waals surface area contributed by atoms with Crippen LogP contribution in [0.25, 0.3) is 16.3 Å². The zero-order valence-corrected chi connectivity index (χ0v) is 17.4. The lowest BCUT2D eigenvalue weighted by atomic mass is 9.84. The lowest BCUT2D eigenvalue weighted by Crippen LogP contribution is -2.27. The normalized spacial score (nSPS) is 16.7. The van der Waals surface area contributed by atoms with E-state index in [4.69, 9.17) is 4.74 Å². The molecule has 2 nitrogen and oxygen atoms in total. The number of benzene rings is 2. The van der Waals surface area contributed by atoms with Gasteiger partial charge in [-0.3, -0.25) is 4.79 Å². The molecule has 3 rings (SSSR count). The Labute approximate surface area is 163 Å². The Morgan fingerprint density at radius 3 is 2.56 bits per heavy atom. The standard InChI is InChI=1S/C25H32O2/c1-17-16-20-14-10-11-15-21(20)23(19-12-8-6-7-9-13-19)22(17)24(18(2)26)27-25(3,4)5/h10-12,14-16,24H,6-9,13H2,1-5H3/t24-/m1/s1. The zero-order chi connectivity index (χ0) is 19.6. The number of hydrogen-bond donors (Lipinski definition) is 0. The highest BCUT2D eigenvalue weighted by molar-refractivity contribution is 5.98. The van der Waals surface area contributed by atoms with E-state index in [1.165, 1.54) is 41.2 Å². The molecule has 1 aliphatic rings. The Kier molecular flexibility index (Phi) is 5.86. The lowest BCUT2D eigenvalue weighted by Gasteiger charge is -2.30. The van der Waals surface area contributed by atoms with Crippen molar-refractivity contribution in [2.75, 3.05) is 0 Å². The Balaban J connectivity index is 2.30. The van der Waals surface area contributed by atoms with Crippen LogP contribution in [-0.2, 0) is 9.53 Å². The van der Waals surface area contributed by atoms with Crippen LogP contribution in [0.3, 0.4) is 0 Å². The van der Waals surface area contributed by atoms with Crippen LogP contribution in [-0.4, -0.2) is 11.4 Å². The van der Waals surface area contributed by atoms with E-state index in [-0.39, 0.29) is 11.4 Å². The Morgan fingerprint density at radius 1 is 1.11 bits per heavy atom. The molecule has 0 saturated heterocycles. The fourth-order valence-electron chi connectivity index (χ4n) is 4.13. The van der Waals surface area contributed by atoms with Gasteiger partial charge in [0, 0.05) is 0 Å². The van der Waals surface area contributed by atoms with E-state index in [1.54, 1.807) is 6.92 Å². The van der Waals surface area contributed by atoms with Crippen molar-refractivity contribution in [1.82, 2.24) is 0 Å². The maximum atomic E-state index is 12.7. The van der Waals surface area contributed by atoms with E-state index in [2.05, 4.69) is 43.3 Å². The Morgan fingerprint density at radius 2 is 1.85 bits per heavy atom. The maximum absolute atomic E-state index is 12.7. The largest absolute Gasteiger partial charge is 0.360 e. The van der Waals surface area contributed by atoms with Crippen LogP contribution in [0.2, 0.25) is 0 Å². The fourth-order valence-corrected chi connectivity index (χ4v) is 4.13. The molecule has 27 heavy (non-hydrogen) atoms. The average molecular weight is 365 g/mol. The van der Waals surface area contributed by atoms with Crippen molar-refractivity contribution in [2.45, 2.75) is 78.4 Å². The summed E-state index contributed by atoms with van der Waals surface area (Å²) in [7, 11) is 0. The summed E-state index contributed by atoms with van der Waals surface area (Å²) >= 11 is 0. The number of allylic oxidation sites excluding steroid dienone is 2. The van der Waals surface area contributed by atoms with Crippen molar-refractivity contribution in [3.8, 4) is 0 Å². The number of Topliss-reactive ketones (excluding diaryl/α,β-unsaturated/α-hetero) is 1. The van der Waals surface area contributed by atoms with Gasteiger partial charge in [-0.25, -0.2) is 0 Å². The first-order valence-corrected chi connectivity index (χ1v) is 10.2. The number of rotatable bonds is 4. The molecule has 0 radical (unpaired) electrons. The SMILES string of the molecule is CC(=O)[C@@H](OC(C)(C)C)c1c(C)cc2ccccc2c1C1=CCCCCC1. The summed E-state index contributed by atoms with van der Waals surface area (Å²) in [6.45, 7) is 9.82. The minimum Gasteiger partial charge on any atom is -0.360 e. The fraction of sp³-hybridized carbons (Fsp3) is 0.480. The van der Waals surface area contributed by atoms with Gasteiger partial charge < -0.3 is 4.74 Å². The number of ketones is 1. The van der Waals surface area contributed by atoms with Crippen LogP contribution >= 0.6 is 0 Å². The van der Waals surface area contributed by atoms with Crippen molar-refractivity contribution in [1.29, 1.82) is 0 Å². The topological polar surface area (TPSA) is 26.3 Å². The highest BCUT2D eigenvalue weighted by Gasteiger charge is 2.29. The molecule has 0 saturated carbocycles. The summed E-state index contributed by atoms with van der Waals surface area (Å²) in [4.78, 5) is 12.7. The second-order valence-corrected chi connectivity index (χ2v) is 8.75. The third-order valence-corrected chi connectivity index (χ3v) is 5.26. The second kappa shape index (κ2) is 7.98. The molecule has 144 valence electrons. The summed E-state index contributed by atoms with van der Waals surface area (Å²) in [5.74, 6) is 0.0683. The first-order valence-electron chi connectivity index (χ1n) is 10.2. The monoisotopic (exact) mass is 364 g/mol. The first kappa shape index (κ1) is 19.8. The number of aryl methyl sites for hydroxylation is 1. The summed E-state index contributed by atoms with van der Waals surface area (Å²) in [5.41, 5.74) is 4.43. The summed E-state index contributed by atoms with van der Waals surface area (Å²) < 4.78 is 6.30. The Bertz CT molecular complexity index is 868. The quantitative estimate of drug-likeness (QED) is 0.587. The van der Waals surface area contributed by atoms with Gasteiger partial charge in [0.15, 0.2) is 5.78 Å². The van der Waals surface area contributed by atoms with E-state index >= 15 is 0 Å². The molecular weight excluding hydrogens is 332 g/mol. The van der Waals surface area contributed by atoms with Gasteiger partial charge in [-0.05, 0) is 93.3 Å². The molecule has 0 aromatic heterocycles. The molecule has 1 aliphatic carbocycles. The van der Waals surface area contributed by atoms with Crippen LogP contribution < -0.4 is 0 Å². The zero-order valence-electron chi connectivity index (χ0n) is 17.4. The van der Waals surface area contributed by atoms with Crippen LogP contribution in [0.1, 0.15) is 82.6 Å². The molecule has 2 aromatic rings. The molecule has 1 atom stereocenters. The third kappa shape index (κ3) is 4.50. The predicted molar refractivity (Wildman–Crippen MR) is 114 cm³/mol. The van der Waals surface area contributed by atoms with Crippen molar-refractivity contribution < 1.29 is 9.53 Å². The maximum Gasteiger partial charge on any atom is 0.163 e. The Hall–Kier alpha value is -1.93. The minimum atomic E-state index is -0.534. The predicted octanol–water partition coefficient (Wildman–Crippen LogP) is 6.94. The summed E-state index contributed by atoms with van der Waals surface area (Å²) in [6.07, 6.45) is 7.77.